The lowest BCUT2D eigenvalue weighted by Gasteiger charge is -2.39. The minimum absolute atomic E-state index is 0.180. The fourth-order valence-corrected chi connectivity index (χ4v) is 4.44. The van der Waals surface area contributed by atoms with E-state index in [-0.39, 0.29) is 11.7 Å². The van der Waals surface area contributed by atoms with Gasteiger partial charge in [-0.3, -0.25) is 9.69 Å². The molecule has 1 saturated carbocycles. The van der Waals surface area contributed by atoms with E-state index in [1.54, 1.807) is 6.07 Å². The highest BCUT2D eigenvalue weighted by atomic mass is 19.1. The number of amides is 1. The zero-order valence-corrected chi connectivity index (χ0v) is 14.2. The minimum Gasteiger partial charge on any atom is -0.366 e. The van der Waals surface area contributed by atoms with Crippen molar-refractivity contribution in [2.75, 3.05) is 50.7 Å². The normalized spacial score (nSPS) is 23.5. The highest BCUT2D eigenvalue weighted by molar-refractivity contribution is 5.78. The lowest BCUT2D eigenvalue weighted by molar-refractivity contribution is -0.132. The molecular formula is C19H26FN3O. The Morgan fingerprint density at radius 1 is 1.04 bits per heavy atom. The van der Waals surface area contributed by atoms with Crippen molar-refractivity contribution in [2.45, 2.75) is 25.7 Å². The highest BCUT2D eigenvalue weighted by Crippen LogP contribution is 2.47. The number of benzene rings is 1. The average molecular weight is 331 g/mol. The molecule has 1 amide bonds. The lowest BCUT2D eigenvalue weighted by atomic mass is 9.68. The molecule has 0 aromatic heterocycles. The first-order chi connectivity index (χ1) is 11.7. The van der Waals surface area contributed by atoms with Gasteiger partial charge in [-0.15, -0.1) is 0 Å². The lowest BCUT2D eigenvalue weighted by Crippen LogP contribution is -2.51. The molecule has 1 aromatic rings. The van der Waals surface area contributed by atoms with E-state index in [1.165, 1.54) is 31.7 Å². The van der Waals surface area contributed by atoms with Crippen molar-refractivity contribution in [1.82, 2.24) is 9.80 Å². The average Bonchev–Trinajstić information content (AvgIpc) is 3.00. The van der Waals surface area contributed by atoms with Gasteiger partial charge >= 0.3 is 0 Å². The van der Waals surface area contributed by atoms with Crippen LogP contribution in [-0.2, 0) is 4.79 Å². The second-order valence-corrected chi connectivity index (χ2v) is 7.63. The third-order valence-electron chi connectivity index (χ3n) is 6.12. The van der Waals surface area contributed by atoms with Crippen LogP contribution in [0.15, 0.2) is 24.3 Å². The maximum absolute atomic E-state index is 13.9. The van der Waals surface area contributed by atoms with Crippen LogP contribution in [0.2, 0.25) is 0 Å². The summed E-state index contributed by atoms with van der Waals surface area (Å²) in [5.74, 6) is 0.0553. The van der Waals surface area contributed by atoms with Gasteiger partial charge in [-0.2, -0.15) is 0 Å². The van der Waals surface area contributed by atoms with Crippen molar-refractivity contribution in [3.05, 3.63) is 30.1 Å². The van der Waals surface area contributed by atoms with Gasteiger partial charge in [0.05, 0.1) is 12.2 Å². The first-order valence-corrected chi connectivity index (χ1v) is 9.15. The molecule has 0 N–H and O–H groups in total. The molecule has 3 aliphatic rings. The highest BCUT2D eigenvalue weighted by Gasteiger charge is 2.43. The van der Waals surface area contributed by atoms with Gasteiger partial charge in [0, 0.05) is 32.7 Å². The molecule has 0 atom stereocenters. The van der Waals surface area contributed by atoms with Crippen LogP contribution >= 0.6 is 0 Å². The zero-order valence-electron chi connectivity index (χ0n) is 14.2. The Morgan fingerprint density at radius 2 is 1.79 bits per heavy atom. The fourth-order valence-electron chi connectivity index (χ4n) is 4.44. The minimum atomic E-state index is -0.180. The number of carbonyl (C=O) groups is 1. The number of hydrogen-bond donors (Lipinski definition) is 0. The molecule has 24 heavy (non-hydrogen) atoms. The van der Waals surface area contributed by atoms with Gasteiger partial charge in [0.2, 0.25) is 5.91 Å². The summed E-state index contributed by atoms with van der Waals surface area (Å²) in [4.78, 5) is 18.9. The van der Waals surface area contributed by atoms with Gasteiger partial charge in [0.25, 0.3) is 0 Å². The molecule has 0 unspecified atom stereocenters. The Hall–Kier alpha value is -1.62. The Labute approximate surface area is 143 Å². The smallest absolute Gasteiger partial charge is 0.236 e. The molecule has 2 aliphatic heterocycles. The second kappa shape index (κ2) is 6.36. The number of piperazine rings is 1. The SMILES string of the molecule is O=C(CN1CCC2(CCC2)C1)N1CCN(c2ccccc2F)CC1. The predicted molar refractivity (Wildman–Crippen MR) is 92.5 cm³/mol. The summed E-state index contributed by atoms with van der Waals surface area (Å²) in [5.41, 5.74) is 1.19. The van der Waals surface area contributed by atoms with Crippen LogP contribution in [-0.4, -0.2) is 61.5 Å². The van der Waals surface area contributed by atoms with Gasteiger partial charge in [-0.25, -0.2) is 4.39 Å². The Kier molecular flexibility index (Phi) is 4.21. The standard InChI is InChI=1S/C19H26FN3O/c20-16-4-1-2-5-17(16)22-10-12-23(13-11-22)18(24)14-21-9-8-19(15-21)6-3-7-19/h1-2,4-5H,3,6-15H2. The largest absolute Gasteiger partial charge is 0.366 e. The van der Waals surface area contributed by atoms with Gasteiger partial charge in [0.15, 0.2) is 0 Å². The van der Waals surface area contributed by atoms with Crippen molar-refractivity contribution in [3.8, 4) is 0 Å². The van der Waals surface area contributed by atoms with Crippen LogP contribution < -0.4 is 4.90 Å². The Bertz CT molecular complexity index is 608. The second-order valence-electron chi connectivity index (χ2n) is 7.63. The maximum Gasteiger partial charge on any atom is 0.236 e. The van der Waals surface area contributed by atoms with Crippen LogP contribution in [0.5, 0.6) is 0 Å². The number of halogens is 1. The molecule has 5 heteroatoms. The summed E-state index contributed by atoms with van der Waals surface area (Å²) in [6.07, 6.45) is 5.32. The Balaban J connectivity index is 1.28. The molecule has 1 spiro atoms. The van der Waals surface area contributed by atoms with Crippen molar-refractivity contribution in [2.24, 2.45) is 5.41 Å². The summed E-state index contributed by atoms with van der Waals surface area (Å²) >= 11 is 0. The molecule has 2 saturated heterocycles. The van der Waals surface area contributed by atoms with E-state index in [0.717, 1.165) is 13.1 Å². The third kappa shape index (κ3) is 3.02. The number of nitrogens with zero attached hydrogens (tertiary/aromatic N) is 3. The van der Waals surface area contributed by atoms with Gasteiger partial charge < -0.3 is 9.80 Å². The van der Waals surface area contributed by atoms with Crippen molar-refractivity contribution >= 4 is 11.6 Å². The van der Waals surface area contributed by atoms with Crippen LogP contribution in [0.3, 0.4) is 0 Å². The number of anilines is 1. The molecule has 4 nitrogen and oxygen atoms in total. The van der Waals surface area contributed by atoms with Crippen LogP contribution in [0.4, 0.5) is 10.1 Å². The predicted octanol–water partition coefficient (Wildman–Crippen LogP) is 2.35. The number of carbonyl (C=O) groups excluding carboxylic acids is 1. The van der Waals surface area contributed by atoms with Crippen LogP contribution in [0.1, 0.15) is 25.7 Å². The summed E-state index contributed by atoms with van der Waals surface area (Å²) in [5, 5.41) is 0. The molecule has 1 aromatic carbocycles. The van der Waals surface area contributed by atoms with Crippen LogP contribution in [0, 0.1) is 11.2 Å². The van der Waals surface area contributed by atoms with E-state index in [2.05, 4.69) is 4.90 Å². The first kappa shape index (κ1) is 15.9. The summed E-state index contributed by atoms with van der Waals surface area (Å²) in [6.45, 7) is 5.52. The molecule has 3 fully saturated rings. The topological polar surface area (TPSA) is 26.8 Å². The van der Waals surface area contributed by atoms with Crippen molar-refractivity contribution in [3.63, 3.8) is 0 Å². The molecule has 0 radical (unpaired) electrons. The maximum atomic E-state index is 13.9. The van der Waals surface area contributed by atoms with E-state index in [9.17, 15) is 9.18 Å². The fraction of sp³-hybridized carbons (Fsp3) is 0.632. The number of likely N-dealkylation sites (tertiary alicyclic amines) is 1. The number of hydrogen-bond acceptors (Lipinski definition) is 3. The van der Waals surface area contributed by atoms with Gasteiger partial charge in [-0.1, -0.05) is 18.6 Å². The monoisotopic (exact) mass is 331 g/mol. The van der Waals surface area contributed by atoms with E-state index in [1.807, 2.05) is 21.9 Å². The zero-order chi connectivity index (χ0) is 16.6. The van der Waals surface area contributed by atoms with Crippen LogP contribution in [0.25, 0.3) is 0 Å². The van der Waals surface area contributed by atoms with Crippen molar-refractivity contribution < 1.29 is 9.18 Å². The summed E-state index contributed by atoms with van der Waals surface area (Å²) in [6, 6.07) is 6.88. The molecule has 0 bridgehead atoms. The molecule has 130 valence electrons. The quantitative estimate of drug-likeness (QED) is 0.851. The Morgan fingerprint density at radius 3 is 2.42 bits per heavy atom. The number of para-hydroxylation sites is 1. The van der Waals surface area contributed by atoms with E-state index in [0.29, 0.717) is 43.8 Å². The molecule has 2 heterocycles. The number of rotatable bonds is 3. The van der Waals surface area contributed by atoms with E-state index in [4.69, 9.17) is 0 Å². The first-order valence-electron chi connectivity index (χ1n) is 9.15. The van der Waals surface area contributed by atoms with E-state index < -0.39 is 0 Å². The van der Waals surface area contributed by atoms with Gasteiger partial charge in [-0.05, 0) is 43.4 Å². The third-order valence-corrected chi connectivity index (χ3v) is 6.12. The molecule has 1 aliphatic carbocycles. The summed E-state index contributed by atoms with van der Waals surface area (Å²) in [7, 11) is 0. The molecular weight excluding hydrogens is 305 g/mol. The van der Waals surface area contributed by atoms with E-state index >= 15 is 0 Å². The van der Waals surface area contributed by atoms with Crippen molar-refractivity contribution in [1.29, 1.82) is 0 Å². The van der Waals surface area contributed by atoms with Gasteiger partial charge in [0.1, 0.15) is 5.82 Å². The summed E-state index contributed by atoms with van der Waals surface area (Å²) < 4.78 is 13.9. The molecule has 4 rings (SSSR count).